The van der Waals surface area contributed by atoms with E-state index in [0.29, 0.717) is 5.57 Å². The Labute approximate surface area is 272 Å². The van der Waals surface area contributed by atoms with Gasteiger partial charge in [-0.05, 0) is 116 Å². The molecule has 5 nitrogen and oxygen atoms in total. The fraction of sp³-hybridized carbons (Fsp3) is 0.463. The fourth-order valence-electron chi connectivity index (χ4n) is 10.1. The van der Waals surface area contributed by atoms with Gasteiger partial charge in [0.2, 0.25) is 0 Å². The lowest BCUT2D eigenvalue weighted by molar-refractivity contribution is -0.135. The van der Waals surface area contributed by atoms with Crippen molar-refractivity contribution in [1.82, 2.24) is 0 Å². The van der Waals surface area contributed by atoms with Crippen LogP contribution < -0.4 is 0 Å². The van der Waals surface area contributed by atoms with Crippen LogP contribution in [0.4, 0.5) is 0 Å². The second kappa shape index (κ2) is 11.7. The summed E-state index contributed by atoms with van der Waals surface area (Å²) in [4.78, 5) is 28.1. The molecule has 0 amide bonds. The Morgan fingerprint density at radius 1 is 0.957 bits per heavy atom. The van der Waals surface area contributed by atoms with Crippen molar-refractivity contribution in [2.24, 2.45) is 35.0 Å². The zero-order valence-electron chi connectivity index (χ0n) is 26.8. The van der Waals surface area contributed by atoms with Crippen LogP contribution in [-0.2, 0) is 25.5 Å². The number of phenols is 1. The molecule has 3 fully saturated rings. The first-order valence-electron chi connectivity index (χ1n) is 17.7. The summed E-state index contributed by atoms with van der Waals surface area (Å²) in [5, 5.41) is 10.5. The molecule has 2 aromatic rings. The van der Waals surface area contributed by atoms with E-state index in [1.54, 1.807) is 12.1 Å². The van der Waals surface area contributed by atoms with Gasteiger partial charge in [-0.1, -0.05) is 75.1 Å². The Kier molecular flexibility index (Phi) is 7.54. The number of esters is 2. The van der Waals surface area contributed by atoms with Gasteiger partial charge in [-0.15, -0.1) is 0 Å². The third-order valence-electron chi connectivity index (χ3n) is 12.1. The highest BCUT2D eigenvalue weighted by atomic mass is 16.5. The summed E-state index contributed by atoms with van der Waals surface area (Å²) in [5.41, 5.74) is 4.99. The molecule has 2 heterocycles. The lowest BCUT2D eigenvalue weighted by atomic mass is 9.44. The van der Waals surface area contributed by atoms with E-state index in [-0.39, 0.29) is 41.4 Å². The normalized spacial score (nSPS) is 30.9. The molecular formula is C41H44O5. The van der Waals surface area contributed by atoms with Crippen LogP contribution in [0.15, 0.2) is 95.0 Å². The second-order valence-corrected chi connectivity index (χ2v) is 14.5. The number of cyclic esters (lactones) is 2. The van der Waals surface area contributed by atoms with E-state index in [2.05, 4.69) is 43.3 Å². The summed E-state index contributed by atoms with van der Waals surface area (Å²) in [6, 6.07) is 17.8. The molecule has 2 bridgehead atoms. The number of carbonyl (C=O) groups is 2. The van der Waals surface area contributed by atoms with Crippen molar-refractivity contribution >= 4 is 17.5 Å². The molecule has 46 heavy (non-hydrogen) atoms. The first kappa shape index (κ1) is 29.5. The average Bonchev–Trinajstić information content (AvgIpc) is 3.78. The zero-order chi connectivity index (χ0) is 31.4. The van der Waals surface area contributed by atoms with E-state index in [1.165, 1.54) is 31.2 Å². The van der Waals surface area contributed by atoms with Crippen LogP contribution in [0.3, 0.4) is 0 Å². The average molecular weight is 617 g/mol. The number of rotatable bonds is 8. The highest BCUT2D eigenvalue weighted by Gasteiger charge is 2.68. The number of allylic oxidation sites excluding steroid dienone is 5. The summed E-state index contributed by atoms with van der Waals surface area (Å²) in [6.45, 7) is 2.19. The molecule has 2 saturated carbocycles. The summed E-state index contributed by atoms with van der Waals surface area (Å²) in [6.07, 6.45) is 17.0. The molecule has 5 heteroatoms. The molecule has 238 valence electrons. The Hall–Kier alpha value is -3.86. The Morgan fingerprint density at radius 2 is 1.78 bits per heavy atom. The number of fused-ring (bicyclic) bond motifs is 1. The Balaban J connectivity index is 1.26. The molecule has 9 rings (SSSR count). The molecule has 0 unspecified atom stereocenters. The highest BCUT2D eigenvalue weighted by molar-refractivity contribution is 6.06. The van der Waals surface area contributed by atoms with Crippen LogP contribution in [0.5, 0.6) is 5.75 Å². The van der Waals surface area contributed by atoms with Gasteiger partial charge in [-0.2, -0.15) is 0 Å². The van der Waals surface area contributed by atoms with E-state index < -0.39 is 5.41 Å². The molecule has 1 N–H and O–H groups in total. The van der Waals surface area contributed by atoms with Gasteiger partial charge in [0, 0.05) is 17.1 Å². The Morgan fingerprint density at radius 3 is 2.57 bits per heavy atom. The van der Waals surface area contributed by atoms with Gasteiger partial charge in [0.25, 0.3) is 0 Å². The number of benzene rings is 2. The lowest BCUT2D eigenvalue weighted by Gasteiger charge is -2.56. The topological polar surface area (TPSA) is 72.8 Å². The van der Waals surface area contributed by atoms with Gasteiger partial charge in [0.1, 0.15) is 17.3 Å². The number of phenolic OH excluding ortho intramolecular Hbond substituents is 1. The van der Waals surface area contributed by atoms with Crippen LogP contribution in [0.2, 0.25) is 0 Å². The number of carbonyl (C=O) groups excluding carboxylic acids is 2. The van der Waals surface area contributed by atoms with Crippen molar-refractivity contribution in [2.75, 3.05) is 0 Å². The number of ether oxygens (including phenoxy) is 2. The molecular weight excluding hydrogens is 572 g/mol. The van der Waals surface area contributed by atoms with Crippen molar-refractivity contribution in [3.63, 3.8) is 0 Å². The van der Waals surface area contributed by atoms with Gasteiger partial charge < -0.3 is 14.6 Å². The molecule has 2 aromatic carbocycles. The molecule has 5 aliphatic carbocycles. The summed E-state index contributed by atoms with van der Waals surface area (Å²) in [7, 11) is 0. The van der Waals surface area contributed by atoms with Crippen molar-refractivity contribution in [1.29, 1.82) is 0 Å². The minimum atomic E-state index is -0.722. The predicted molar refractivity (Wildman–Crippen MR) is 177 cm³/mol. The van der Waals surface area contributed by atoms with Crippen molar-refractivity contribution < 1.29 is 24.2 Å². The fourth-order valence-corrected chi connectivity index (χ4v) is 10.1. The van der Waals surface area contributed by atoms with Crippen molar-refractivity contribution in [3.05, 3.63) is 106 Å². The molecule has 1 spiro atoms. The third kappa shape index (κ3) is 4.72. The van der Waals surface area contributed by atoms with Crippen molar-refractivity contribution in [2.45, 2.75) is 84.0 Å². The number of aromatic hydroxyl groups is 1. The molecule has 7 aliphatic rings. The standard InChI is InChI=1S/C41H44O5/c1-2-25(22-27-12-4-3-5-13-27)23-34-41-21-20-30(35(38(41)40(44)46-34)28-15-9-16-29(42)24-28)31-18-19-32-33(45-39(43)36(32)37(31)41)17-8-14-26-10-6-7-11-26/h3-5,9,12-13,15-17,23-26,30-31,37,42H,2,6-8,10-11,14,18-22H2,1H3/b33-17?,34-23-/t25-,30+,31-,37+,41+/m0/s1. The zero-order valence-corrected chi connectivity index (χ0v) is 26.8. The largest absolute Gasteiger partial charge is 0.508 e. The molecule has 0 aromatic heterocycles. The maximum atomic E-state index is 14.2. The van der Waals surface area contributed by atoms with E-state index in [9.17, 15) is 14.7 Å². The van der Waals surface area contributed by atoms with Gasteiger partial charge in [0.15, 0.2) is 0 Å². The maximum Gasteiger partial charge on any atom is 0.340 e. The van der Waals surface area contributed by atoms with E-state index in [4.69, 9.17) is 9.47 Å². The summed E-state index contributed by atoms with van der Waals surface area (Å²) < 4.78 is 12.5. The van der Waals surface area contributed by atoms with E-state index >= 15 is 0 Å². The maximum absolute atomic E-state index is 14.2. The molecule has 0 radical (unpaired) electrons. The van der Waals surface area contributed by atoms with Gasteiger partial charge in [0.05, 0.1) is 11.0 Å². The monoisotopic (exact) mass is 616 g/mol. The SMILES string of the molecule is CC[C@H](/C=C1\OC(=O)C2=C(c3cccc(O)c3)[C@@H]3CC[C@@]21[C@H]1C2=C(CC[C@@H]31)C(=CCCC1CCCC1)OC2=O)Cc1ccccc1. The first-order chi connectivity index (χ1) is 22.5. The highest BCUT2D eigenvalue weighted by Crippen LogP contribution is 2.71. The van der Waals surface area contributed by atoms with Crippen LogP contribution in [-0.4, -0.2) is 17.0 Å². The molecule has 2 aliphatic heterocycles. The van der Waals surface area contributed by atoms with E-state index in [0.717, 1.165) is 91.1 Å². The number of hydrogen-bond acceptors (Lipinski definition) is 5. The van der Waals surface area contributed by atoms with Crippen molar-refractivity contribution in [3.8, 4) is 5.75 Å². The Bertz CT molecular complexity index is 1690. The second-order valence-electron chi connectivity index (χ2n) is 14.5. The summed E-state index contributed by atoms with van der Waals surface area (Å²) >= 11 is 0. The van der Waals surface area contributed by atoms with Crippen LogP contribution >= 0.6 is 0 Å². The van der Waals surface area contributed by atoms with E-state index in [1.807, 2.05) is 18.2 Å². The van der Waals surface area contributed by atoms with Crippen LogP contribution in [0, 0.1) is 35.0 Å². The smallest absolute Gasteiger partial charge is 0.340 e. The third-order valence-corrected chi connectivity index (χ3v) is 12.1. The van der Waals surface area contributed by atoms with Gasteiger partial charge in [-0.25, -0.2) is 9.59 Å². The lowest BCUT2D eigenvalue weighted by Crippen LogP contribution is -2.52. The van der Waals surface area contributed by atoms with Crippen LogP contribution in [0.1, 0.15) is 88.7 Å². The molecule has 1 saturated heterocycles. The predicted octanol–water partition coefficient (Wildman–Crippen LogP) is 9.00. The number of hydrogen-bond donors (Lipinski definition) is 1. The minimum absolute atomic E-state index is 0.110. The summed E-state index contributed by atoms with van der Waals surface area (Å²) in [5.74, 6) is 2.25. The van der Waals surface area contributed by atoms with Gasteiger partial charge in [-0.3, -0.25) is 0 Å². The van der Waals surface area contributed by atoms with Crippen LogP contribution in [0.25, 0.3) is 5.57 Å². The van der Waals surface area contributed by atoms with Gasteiger partial charge >= 0.3 is 11.9 Å². The molecule has 5 atom stereocenters. The minimum Gasteiger partial charge on any atom is -0.508 e. The first-order valence-corrected chi connectivity index (χ1v) is 17.7. The quantitative estimate of drug-likeness (QED) is 0.300.